The second kappa shape index (κ2) is 4.37. The third-order valence-electron chi connectivity index (χ3n) is 1.73. The van der Waals surface area contributed by atoms with E-state index in [0.29, 0.717) is 12.5 Å². The van der Waals surface area contributed by atoms with Gasteiger partial charge in [0.15, 0.2) is 0 Å². The van der Waals surface area contributed by atoms with Crippen LogP contribution in [-0.2, 0) is 6.61 Å². The fourth-order valence-corrected chi connectivity index (χ4v) is 1.06. The summed E-state index contributed by atoms with van der Waals surface area (Å²) < 4.78 is 5.41. The normalized spacial score (nSPS) is 9.71. The van der Waals surface area contributed by atoms with Crippen LogP contribution in [0.4, 0.5) is 0 Å². The monoisotopic (exact) mass is 185 g/mol. The molecule has 0 aliphatic rings. The van der Waals surface area contributed by atoms with E-state index in [0.717, 1.165) is 5.56 Å². The number of nitrogens with zero attached hydrogens (tertiary/aromatic N) is 2. The van der Waals surface area contributed by atoms with Crippen LogP contribution in [0.25, 0.3) is 0 Å². The minimum atomic E-state index is 0.520. The lowest BCUT2D eigenvalue weighted by molar-refractivity contribution is 0.293. The topological polar surface area (TPSA) is 35.0 Å². The maximum Gasteiger partial charge on any atom is 0.217 e. The first-order chi connectivity index (χ1) is 6.95. The van der Waals surface area contributed by atoms with E-state index in [-0.39, 0.29) is 0 Å². The fourth-order valence-electron chi connectivity index (χ4n) is 1.06. The van der Waals surface area contributed by atoms with Crippen LogP contribution in [0.15, 0.2) is 42.7 Å². The van der Waals surface area contributed by atoms with Gasteiger partial charge in [0.1, 0.15) is 12.9 Å². The summed E-state index contributed by atoms with van der Waals surface area (Å²) in [6.45, 7) is 0.520. The number of aromatic nitrogens is 2. The van der Waals surface area contributed by atoms with Crippen LogP contribution >= 0.6 is 0 Å². The highest BCUT2D eigenvalue weighted by molar-refractivity contribution is 5.14. The molecule has 0 bridgehead atoms. The summed E-state index contributed by atoms with van der Waals surface area (Å²) in [4.78, 5) is 7.61. The van der Waals surface area contributed by atoms with E-state index >= 15 is 0 Å². The van der Waals surface area contributed by atoms with Crippen molar-refractivity contribution >= 4 is 0 Å². The molecule has 0 atom stereocenters. The zero-order chi connectivity index (χ0) is 9.64. The summed E-state index contributed by atoms with van der Waals surface area (Å²) in [6, 6.07) is 11.6. The molecule has 2 rings (SSSR count). The molecule has 0 N–H and O–H groups in total. The summed E-state index contributed by atoms with van der Waals surface area (Å²) in [5.74, 6) is 0.545. The Labute approximate surface area is 82.4 Å². The fraction of sp³-hybridized carbons (Fsp3) is 0.0909. The Bertz CT molecular complexity index is 336. The zero-order valence-electron chi connectivity index (χ0n) is 7.55. The Balaban J connectivity index is 1.96. The predicted octanol–water partition coefficient (Wildman–Crippen LogP) is 1.86. The SMILES string of the molecule is [c]1cc(OCc2ccccc2)ncn1. The van der Waals surface area contributed by atoms with Crippen LogP contribution < -0.4 is 4.74 Å². The predicted molar refractivity (Wildman–Crippen MR) is 51.6 cm³/mol. The maximum absolute atomic E-state index is 5.41. The third kappa shape index (κ3) is 2.29. The largest absolute Gasteiger partial charge is 0.473 e. The Morgan fingerprint density at radius 2 is 2.07 bits per heavy atom. The first-order valence-corrected chi connectivity index (χ1v) is 4.30. The van der Waals surface area contributed by atoms with Crippen LogP contribution in [0.5, 0.6) is 5.88 Å². The lowest BCUT2D eigenvalue weighted by Crippen LogP contribution is -1.96. The lowest BCUT2D eigenvalue weighted by atomic mass is 10.2. The molecular formula is C11H9N2O. The summed E-state index contributed by atoms with van der Waals surface area (Å²) >= 11 is 0. The van der Waals surface area contributed by atoms with Gasteiger partial charge in [0.05, 0.1) is 6.20 Å². The minimum Gasteiger partial charge on any atom is -0.473 e. The number of rotatable bonds is 3. The summed E-state index contributed by atoms with van der Waals surface area (Å²) in [5, 5.41) is 0. The minimum absolute atomic E-state index is 0.520. The second-order valence-electron chi connectivity index (χ2n) is 2.76. The van der Waals surface area contributed by atoms with Gasteiger partial charge in [-0.15, -0.1) is 0 Å². The molecule has 0 saturated heterocycles. The molecule has 14 heavy (non-hydrogen) atoms. The highest BCUT2D eigenvalue weighted by Gasteiger charge is 1.94. The third-order valence-corrected chi connectivity index (χ3v) is 1.73. The van der Waals surface area contributed by atoms with Crippen molar-refractivity contribution in [1.82, 2.24) is 9.97 Å². The molecule has 1 radical (unpaired) electrons. The van der Waals surface area contributed by atoms with Crippen LogP contribution in [0, 0.1) is 6.20 Å². The van der Waals surface area contributed by atoms with Crippen molar-refractivity contribution in [3.05, 3.63) is 54.5 Å². The average Bonchev–Trinajstić information content (AvgIpc) is 2.29. The van der Waals surface area contributed by atoms with Gasteiger partial charge in [-0.2, -0.15) is 0 Å². The molecule has 0 aliphatic heterocycles. The van der Waals surface area contributed by atoms with E-state index in [1.54, 1.807) is 6.07 Å². The van der Waals surface area contributed by atoms with Crippen molar-refractivity contribution in [2.24, 2.45) is 0 Å². The Morgan fingerprint density at radius 3 is 2.79 bits per heavy atom. The Kier molecular flexibility index (Phi) is 2.71. The average molecular weight is 185 g/mol. The zero-order valence-corrected chi connectivity index (χ0v) is 7.55. The van der Waals surface area contributed by atoms with E-state index in [1.807, 2.05) is 30.3 Å². The van der Waals surface area contributed by atoms with E-state index in [2.05, 4.69) is 16.2 Å². The van der Waals surface area contributed by atoms with E-state index < -0.39 is 0 Å². The van der Waals surface area contributed by atoms with E-state index in [9.17, 15) is 0 Å². The number of benzene rings is 1. The molecule has 0 fully saturated rings. The van der Waals surface area contributed by atoms with Gasteiger partial charge in [0, 0.05) is 6.07 Å². The highest BCUT2D eigenvalue weighted by atomic mass is 16.5. The number of hydrogen-bond acceptors (Lipinski definition) is 3. The lowest BCUT2D eigenvalue weighted by Gasteiger charge is -2.03. The standard InChI is InChI=1S/C11H9N2O/c1-2-4-10(5-3-1)8-14-11-6-7-12-9-13-11/h1-6,9H,8H2. The van der Waals surface area contributed by atoms with Crippen LogP contribution in [0.3, 0.4) is 0 Å². The molecule has 1 heterocycles. The molecule has 69 valence electrons. The molecule has 0 unspecified atom stereocenters. The van der Waals surface area contributed by atoms with Gasteiger partial charge in [-0.05, 0) is 5.56 Å². The van der Waals surface area contributed by atoms with Gasteiger partial charge in [-0.25, -0.2) is 9.97 Å². The second-order valence-corrected chi connectivity index (χ2v) is 2.76. The smallest absolute Gasteiger partial charge is 0.217 e. The van der Waals surface area contributed by atoms with E-state index in [1.165, 1.54) is 6.33 Å². The van der Waals surface area contributed by atoms with Crippen molar-refractivity contribution in [2.75, 3.05) is 0 Å². The highest BCUT2D eigenvalue weighted by Crippen LogP contribution is 2.06. The number of ether oxygens (including phenoxy) is 1. The van der Waals surface area contributed by atoms with Gasteiger partial charge >= 0.3 is 0 Å². The summed E-state index contributed by atoms with van der Waals surface area (Å²) in [5.41, 5.74) is 1.12. The van der Waals surface area contributed by atoms with E-state index in [4.69, 9.17) is 4.74 Å². The molecule has 0 amide bonds. The van der Waals surface area contributed by atoms with Crippen molar-refractivity contribution in [3.63, 3.8) is 0 Å². The molecule has 0 saturated carbocycles. The summed E-state index contributed by atoms with van der Waals surface area (Å²) in [7, 11) is 0. The molecule has 1 aromatic heterocycles. The Hall–Kier alpha value is -1.90. The van der Waals surface area contributed by atoms with Gasteiger partial charge < -0.3 is 4.74 Å². The molecule has 0 aliphatic carbocycles. The van der Waals surface area contributed by atoms with Crippen molar-refractivity contribution in [2.45, 2.75) is 6.61 Å². The van der Waals surface area contributed by atoms with Crippen molar-refractivity contribution in [3.8, 4) is 5.88 Å². The molecule has 1 aromatic carbocycles. The van der Waals surface area contributed by atoms with Crippen LogP contribution in [-0.4, -0.2) is 9.97 Å². The van der Waals surface area contributed by atoms with Gasteiger partial charge in [0.25, 0.3) is 0 Å². The van der Waals surface area contributed by atoms with Crippen LogP contribution in [0.1, 0.15) is 5.56 Å². The molecule has 3 heteroatoms. The quantitative estimate of drug-likeness (QED) is 0.732. The van der Waals surface area contributed by atoms with Gasteiger partial charge in [-0.3, -0.25) is 0 Å². The molecule has 0 spiro atoms. The maximum atomic E-state index is 5.41. The van der Waals surface area contributed by atoms with Crippen molar-refractivity contribution < 1.29 is 4.74 Å². The van der Waals surface area contributed by atoms with Crippen LogP contribution in [0.2, 0.25) is 0 Å². The van der Waals surface area contributed by atoms with Gasteiger partial charge in [-0.1, -0.05) is 30.3 Å². The molecule has 3 nitrogen and oxygen atoms in total. The Morgan fingerprint density at radius 1 is 1.21 bits per heavy atom. The first kappa shape index (κ1) is 8.69. The molecular weight excluding hydrogens is 176 g/mol. The molecule has 2 aromatic rings. The van der Waals surface area contributed by atoms with Crippen molar-refractivity contribution in [1.29, 1.82) is 0 Å². The summed E-state index contributed by atoms with van der Waals surface area (Å²) in [6.07, 6.45) is 4.08. The first-order valence-electron chi connectivity index (χ1n) is 4.30. The number of hydrogen-bond donors (Lipinski definition) is 0. The van der Waals surface area contributed by atoms with Gasteiger partial charge in [0.2, 0.25) is 5.88 Å².